The molecule has 1 aromatic heterocycles. The van der Waals surface area contributed by atoms with E-state index >= 15 is 0 Å². The van der Waals surface area contributed by atoms with Gasteiger partial charge in [-0.1, -0.05) is 6.92 Å². The zero-order valence-electron chi connectivity index (χ0n) is 7.27. The minimum atomic E-state index is 0.0607. The lowest BCUT2D eigenvalue weighted by Gasteiger charge is -2.11. The van der Waals surface area contributed by atoms with Crippen molar-refractivity contribution in [3.63, 3.8) is 0 Å². The lowest BCUT2D eigenvalue weighted by atomic mass is 10.2. The van der Waals surface area contributed by atoms with E-state index in [1.165, 1.54) is 0 Å². The molecular formula is C9H15NO2. The molecule has 1 heterocycles. The molecule has 1 atom stereocenters. The van der Waals surface area contributed by atoms with Gasteiger partial charge >= 0.3 is 0 Å². The van der Waals surface area contributed by atoms with Crippen molar-refractivity contribution in [2.24, 2.45) is 5.92 Å². The summed E-state index contributed by atoms with van der Waals surface area (Å²) in [5.41, 5.74) is 0.898. The monoisotopic (exact) mass is 169 g/mol. The van der Waals surface area contributed by atoms with Gasteiger partial charge in [-0.2, -0.15) is 0 Å². The molecule has 2 N–H and O–H groups in total. The molecule has 68 valence electrons. The molecule has 0 saturated carbocycles. The van der Waals surface area contributed by atoms with Gasteiger partial charge in [0.1, 0.15) is 0 Å². The predicted octanol–water partition coefficient (Wildman–Crippen LogP) is 0.609. The number of aliphatic hydroxyl groups is 2. The van der Waals surface area contributed by atoms with E-state index in [-0.39, 0.29) is 19.1 Å². The van der Waals surface area contributed by atoms with Gasteiger partial charge < -0.3 is 14.8 Å². The SMILES string of the molecule is CC(CO)Cn1cccc1CO. The van der Waals surface area contributed by atoms with E-state index in [1.807, 2.05) is 29.8 Å². The second-order valence-corrected chi connectivity index (χ2v) is 3.10. The summed E-state index contributed by atoms with van der Waals surface area (Å²) >= 11 is 0. The molecule has 0 saturated heterocycles. The molecule has 0 bridgehead atoms. The summed E-state index contributed by atoms with van der Waals surface area (Å²) in [4.78, 5) is 0. The fourth-order valence-electron chi connectivity index (χ4n) is 1.16. The molecule has 0 radical (unpaired) electrons. The van der Waals surface area contributed by atoms with E-state index in [0.717, 1.165) is 12.2 Å². The van der Waals surface area contributed by atoms with E-state index in [1.54, 1.807) is 0 Å². The van der Waals surface area contributed by atoms with Crippen molar-refractivity contribution in [1.29, 1.82) is 0 Å². The Morgan fingerprint density at radius 3 is 2.83 bits per heavy atom. The smallest absolute Gasteiger partial charge is 0.0832 e. The maximum Gasteiger partial charge on any atom is 0.0832 e. The van der Waals surface area contributed by atoms with E-state index in [2.05, 4.69) is 0 Å². The second kappa shape index (κ2) is 4.28. The van der Waals surface area contributed by atoms with Crippen molar-refractivity contribution in [3.8, 4) is 0 Å². The Balaban J connectivity index is 2.61. The second-order valence-electron chi connectivity index (χ2n) is 3.10. The average Bonchev–Trinajstić information content (AvgIpc) is 2.51. The lowest BCUT2D eigenvalue weighted by molar-refractivity contribution is 0.216. The molecule has 0 aliphatic carbocycles. The first-order valence-electron chi connectivity index (χ1n) is 4.13. The Labute approximate surface area is 72.3 Å². The highest BCUT2D eigenvalue weighted by Gasteiger charge is 2.03. The molecule has 0 aliphatic heterocycles. The van der Waals surface area contributed by atoms with Gasteiger partial charge in [0.25, 0.3) is 0 Å². The Bertz CT molecular complexity index is 232. The van der Waals surface area contributed by atoms with Crippen molar-refractivity contribution in [1.82, 2.24) is 4.57 Å². The van der Waals surface area contributed by atoms with Crippen LogP contribution in [-0.2, 0) is 13.2 Å². The average molecular weight is 169 g/mol. The number of aliphatic hydroxyl groups excluding tert-OH is 2. The highest BCUT2D eigenvalue weighted by atomic mass is 16.3. The first kappa shape index (κ1) is 9.29. The van der Waals surface area contributed by atoms with Gasteiger partial charge in [-0.15, -0.1) is 0 Å². The van der Waals surface area contributed by atoms with E-state index in [0.29, 0.717) is 0 Å². The maximum atomic E-state index is 8.91. The van der Waals surface area contributed by atoms with Crippen molar-refractivity contribution in [3.05, 3.63) is 24.0 Å². The Hall–Kier alpha value is -0.800. The fraction of sp³-hybridized carbons (Fsp3) is 0.556. The van der Waals surface area contributed by atoms with Crippen LogP contribution in [-0.4, -0.2) is 21.4 Å². The molecule has 0 spiro atoms. The molecule has 0 amide bonds. The van der Waals surface area contributed by atoms with Crippen LogP contribution in [0.4, 0.5) is 0 Å². The van der Waals surface area contributed by atoms with Gasteiger partial charge in [0, 0.05) is 25.0 Å². The molecule has 0 fully saturated rings. The fourth-order valence-corrected chi connectivity index (χ4v) is 1.16. The number of aromatic nitrogens is 1. The predicted molar refractivity (Wildman–Crippen MR) is 46.6 cm³/mol. The summed E-state index contributed by atoms with van der Waals surface area (Å²) in [6.45, 7) is 2.98. The van der Waals surface area contributed by atoms with Gasteiger partial charge in [-0.3, -0.25) is 0 Å². The number of nitrogens with zero attached hydrogens (tertiary/aromatic N) is 1. The van der Waals surface area contributed by atoms with Crippen molar-refractivity contribution in [2.45, 2.75) is 20.1 Å². The third-order valence-electron chi connectivity index (χ3n) is 1.91. The summed E-state index contributed by atoms with van der Waals surface area (Å²) in [6, 6.07) is 3.78. The van der Waals surface area contributed by atoms with Crippen LogP contribution < -0.4 is 0 Å². The number of hydrogen-bond donors (Lipinski definition) is 2. The van der Waals surface area contributed by atoms with Crippen LogP contribution in [0.15, 0.2) is 18.3 Å². The minimum Gasteiger partial charge on any atom is -0.396 e. The first-order valence-corrected chi connectivity index (χ1v) is 4.13. The van der Waals surface area contributed by atoms with E-state index in [9.17, 15) is 0 Å². The van der Waals surface area contributed by atoms with Crippen LogP contribution >= 0.6 is 0 Å². The van der Waals surface area contributed by atoms with Gasteiger partial charge in [0.15, 0.2) is 0 Å². The Morgan fingerprint density at radius 1 is 1.50 bits per heavy atom. The molecule has 12 heavy (non-hydrogen) atoms. The van der Waals surface area contributed by atoms with Crippen LogP contribution in [0, 0.1) is 5.92 Å². The summed E-state index contributed by atoms with van der Waals surface area (Å²) in [7, 11) is 0. The Morgan fingerprint density at radius 2 is 2.25 bits per heavy atom. The lowest BCUT2D eigenvalue weighted by Crippen LogP contribution is -2.12. The molecule has 1 rings (SSSR count). The molecule has 1 unspecified atom stereocenters. The van der Waals surface area contributed by atoms with Gasteiger partial charge in [0.2, 0.25) is 0 Å². The number of hydrogen-bond acceptors (Lipinski definition) is 2. The van der Waals surface area contributed by atoms with Crippen LogP contribution in [0.2, 0.25) is 0 Å². The van der Waals surface area contributed by atoms with Gasteiger partial charge in [-0.25, -0.2) is 0 Å². The Kier molecular flexibility index (Phi) is 3.31. The highest BCUT2D eigenvalue weighted by molar-refractivity contribution is 5.05. The largest absolute Gasteiger partial charge is 0.396 e. The standard InChI is InChI=1S/C9H15NO2/c1-8(6-11)5-10-4-2-3-9(10)7-12/h2-4,8,11-12H,5-7H2,1H3. The maximum absolute atomic E-state index is 8.91. The first-order chi connectivity index (χ1) is 5.77. The summed E-state index contributed by atoms with van der Waals surface area (Å²) in [5, 5.41) is 17.7. The zero-order valence-corrected chi connectivity index (χ0v) is 7.27. The third-order valence-corrected chi connectivity index (χ3v) is 1.91. The minimum absolute atomic E-state index is 0.0607. The topological polar surface area (TPSA) is 45.4 Å². The summed E-state index contributed by atoms with van der Waals surface area (Å²) in [5.74, 6) is 0.239. The van der Waals surface area contributed by atoms with Gasteiger partial charge in [0.05, 0.1) is 6.61 Å². The summed E-state index contributed by atoms with van der Waals surface area (Å²) in [6.07, 6.45) is 1.91. The van der Waals surface area contributed by atoms with Gasteiger partial charge in [-0.05, 0) is 18.1 Å². The molecular weight excluding hydrogens is 154 g/mol. The van der Waals surface area contributed by atoms with E-state index in [4.69, 9.17) is 10.2 Å². The van der Waals surface area contributed by atoms with Crippen LogP contribution in [0.1, 0.15) is 12.6 Å². The normalized spacial score (nSPS) is 13.2. The van der Waals surface area contributed by atoms with Crippen molar-refractivity contribution >= 4 is 0 Å². The zero-order chi connectivity index (χ0) is 8.97. The summed E-state index contributed by atoms with van der Waals surface area (Å²) < 4.78 is 1.96. The molecule has 0 aliphatic rings. The van der Waals surface area contributed by atoms with E-state index < -0.39 is 0 Å². The van der Waals surface area contributed by atoms with Crippen molar-refractivity contribution < 1.29 is 10.2 Å². The van der Waals surface area contributed by atoms with Crippen LogP contribution in [0.5, 0.6) is 0 Å². The number of rotatable bonds is 4. The third kappa shape index (κ3) is 2.09. The quantitative estimate of drug-likeness (QED) is 0.693. The molecule has 3 nitrogen and oxygen atoms in total. The van der Waals surface area contributed by atoms with Crippen molar-refractivity contribution in [2.75, 3.05) is 6.61 Å². The molecule has 3 heteroatoms. The molecule has 0 aromatic carbocycles. The molecule has 1 aromatic rings. The van der Waals surface area contributed by atoms with Crippen LogP contribution in [0.3, 0.4) is 0 Å². The van der Waals surface area contributed by atoms with Crippen LogP contribution in [0.25, 0.3) is 0 Å². The highest BCUT2D eigenvalue weighted by Crippen LogP contribution is 2.06.